The number of piperidine rings is 1. The number of ether oxygens (including phenoxy) is 1. The molecule has 0 bridgehead atoms. The summed E-state index contributed by atoms with van der Waals surface area (Å²) in [6.45, 7) is 4.93. The van der Waals surface area contributed by atoms with Crippen molar-refractivity contribution in [1.29, 1.82) is 0 Å². The number of sulfonamides is 1. The van der Waals surface area contributed by atoms with Crippen LogP contribution in [0.5, 0.6) is 5.75 Å². The number of furan rings is 1. The molecule has 0 radical (unpaired) electrons. The Morgan fingerprint density at radius 1 is 0.925 bits per heavy atom. The van der Waals surface area contributed by atoms with Gasteiger partial charge in [-0.25, -0.2) is 13.1 Å². The van der Waals surface area contributed by atoms with Crippen molar-refractivity contribution in [3.63, 3.8) is 0 Å². The molecule has 5 aromatic rings. The quantitative estimate of drug-likeness (QED) is 0.180. The minimum absolute atomic E-state index is 0.0324. The number of hydrogen-bond acceptors (Lipinski definition) is 6. The fraction of sp³-hybridized carbons (Fsp3) is 0.442. The average Bonchev–Trinajstić information content (AvgIpc) is 3.63. The Hall–Kier alpha value is -4.57. The number of methoxy groups -OCH3 is 1. The highest BCUT2D eigenvalue weighted by Gasteiger charge is 2.64. The topological polar surface area (TPSA) is 111 Å². The Bertz CT molecular complexity index is 2340. The van der Waals surface area contributed by atoms with Crippen LogP contribution in [-0.2, 0) is 21.4 Å². The monoisotopic (exact) mass is 733 g/mol. The van der Waals surface area contributed by atoms with Gasteiger partial charge in [-0.1, -0.05) is 43.5 Å². The lowest BCUT2D eigenvalue weighted by Gasteiger charge is -2.34. The van der Waals surface area contributed by atoms with E-state index in [-0.39, 0.29) is 23.3 Å². The summed E-state index contributed by atoms with van der Waals surface area (Å²) < 4.78 is 42.0. The van der Waals surface area contributed by atoms with Crippen LogP contribution in [0.15, 0.2) is 71.1 Å². The Kier molecular flexibility index (Phi) is 8.25. The van der Waals surface area contributed by atoms with E-state index in [4.69, 9.17) is 9.15 Å². The molecule has 2 saturated carbocycles. The number of rotatable bonds is 7. The van der Waals surface area contributed by atoms with Crippen LogP contribution in [0.25, 0.3) is 33.1 Å². The van der Waals surface area contributed by atoms with E-state index >= 15 is 0 Å². The van der Waals surface area contributed by atoms with Gasteiger partial charge >= 0.3 is 0 Å². The number of carbonyl (C=O) groups is 2. The van der Waals surface area contributed by atoms with Gasteiger partial charge in [0, 0.05) is 58.9 Å². The van der Waals surface area contributed by atoms with Crippen LogP contribution in [0, 0.1) is 5.41 Å². The van der Waals surface area contributed by atoms with Gasteiger partial charge in [-0.05, 0) is 105 Å². The summed E-state index contributed by atoms with van der Waals surface area (Å²) in [5.74, 6) is 1.96. The number of amides is 2. The normalized spacial score (nSPS) is 22.0. The summed E-state index contributed by atoms with van der Waals surface area (Å²) in [5, 5.41) is 1.44. The van der Waals surface area contributed by atoms with E-state index in [1.165, 1.54) is 12.0 Å². The van der Waals surface area contributed by atoms with E-state index in [0.717, 1.165) is 95.1 Å². The molecule has 53 heavy (non-hydrogen) atoms. The van der Waals surface area contributed by atoms with Gasteiger partial charge in [-0.3, -0.25) is 9.59 Å². The van der Waals surface area contributed by atoms with Gasteiger partial charge in [-0.15, -0.1) is 0 Å². The van der Waals surface area contributed by atoms with Gasteiger partial charge < -0.3 is 18.6 Å². The van der Waals surface area contributed by atoms with Crippen molar-refractivity contribution >= 4 is 43.7 Å². The molecule has 9 nitrogen and oxygen atoms in total. The summed E-state index contributed by atoms with van der Waals surface area (Å²) in [6, 6.07) is 22.2. The van der Waals surface area contributed by atoms with Crippen molar-refractivity contribution in [2.24, 2.45) is 5.41 Å². The zero-order valence-corrected chi connectivity index (χ0v) is 31.5. The molecule has 10 heteroatoms. The van der Waals surface area contributed by atoms with Crippen molar-refractivity contribution in [3.8, 4) is 17.0 Å². The summed E-state index contributed by atoms with van der Waals surface area (Å²) in [5.41, 5.74) is 6.09. The molecule has 0 spiro atoms. The van der Waals surface area contributed by atoms with E-state index in [9.17, 15) is 18.0 Å². The Morgan fingerprint density at radius 2 is 1.70 bits per heavy atom. The minimum atomic E-state index is -3.82. The number of fused-ring (bicyclic) bond motifs is 8. The van der Waals surface area contributed by atoms with Crippen molar-refractivity contribution in [2.45, 2.75) is 94.8 Å². The van der Waals surface area contributed by atoms with Crippen molar-refractivity contribution in [1.82, 2.24) is 14.2 Å². The molecule has 4 aliphatic rings. The van der Waals surface area contributed by atoms with E-state index in [0.29, 0.717) is 25.6 Å². The molecule has 276 valence electrons. The number of nitrogens with zero attached hydrogens (tertiary/aromatic N) is 2. The second kappa shape index (κ2) is 12.8. The highest BCUT2D eigenvalue weighted by Crippen LogP contribution is 2.66. The van der Waals surface area contributed by atoms with Crippen LogP contribution in [0.4, 0.5) is 0 Å². The third kappa shape index (κ3) is 5.67. The second-order valence-corrected chi connectivity index (χ2v) is 18.3. The van der Waals surface area contributed by atoms with Crippen molar-refractivity contribution in [2.75, 3.05) is 20.2 Å². The fourth-order valence-electron chi connectivity index (χ4n) is 9.61. The van der Waals surface area contributed by atoms with E-state index in [2.05, 4.69) is 38.5 Å². The highest BCUT2D eigenvalue weighted by atomic mass is 32.2. The molecule has 1 saturated heterocycles. The predicted molar refractivity (Wildman–Crippen MR) is 206 cm³/mol. The molecule has 1 N–H and O–H groups in total. The highest BCUT2D eigenvalue weighted by molar-refractivity contribution is 7.90. The summed E-state index contributed by atoms with van der Waals surface area (Å²) in [4.78, 5) is 30.5. The second-order valence-electron chi connectivity index (χ2n) is 16.1. The van der Waals surface area contributed by atoms with Gasteiger partial charge in [0.05, 0.1) is 23.5 Å². The van der Waals surface area contributed by atoms with Gasteiger partial charge in [0.25, 0.3) is 5.91 Å². The molecule has 2 aliphatic carbocycles. The fourth-order valence-corrected chi connectivity index (χ4v) is 10.2. The number of hydrogen-bond donors (Lipinski definition) is 1. The predicted octanol–water partition coefficient (Wildman–Crippen LogP) is 8.47. The lowest BCUT2D eigenvalue weighted by atomic mass is 9.81. The van der Waals surface area contributed by atoms with Crippen LogP contribution >= 0.6 is 0 Å². The first-order valence-corrected chi connectivity index (χ1v) is 20.8. The number of para-hydroxylation sites is 1. The maximum Gasteiger partial charge on any atom is 0.264 e. The standard InChI is InChI=1S/C43H47N3O6S/c1-26(2)53(49,50)44-41(47)30-13-15-33-36(21-30)46-25-43(42(48)45-19-17-27(18-20-45)38-22-29-11-7-8-12-37(29)52-38)24-35(43)34-23-31(51-3)14-16-32(34)40(46)39(33)28-9-5-4-6-10-28/h7-8,11-16,21-23,26-28,35H,4-6,9-10,17-20,24-25H2,1-3H3,(H,44,47). The van der Waals surface area contributed by atoms with E-state index in [1.807, 2.05) is 36.4 Å². The van der Waals surface area contributed by atoms with Gasteiger partial charge in [-0.2, -0.15) is 0 Å². The van der Waals surface area contributed by atoms with Crippen LogP contribution in [0.1, 0.15) is 110 Å². The van der Waals surface area contributed by atoms with E-state index < -0.39 is 26.6 Å². The zero-order chi connectivity index (χ0) is 36.6. The molecule has 2 aliphatic heterocycles. The van der Waals surface area contributed by atoms with Crippen LogP contribution in [0.3, 0.4) is 0 Å². The number of benzene rings is 3. The van der Waals surface area contributed by atoms with Crippen molar-refractivity contribution < 1.29 is 27.2 Å². The van der Waals surface area contributed by atoms with Crippen LogP contribution < -0.4 is 9.46 Å². The van der Waals surface area contributed by atoms with E-state index in [1.54, 1.807) is 27.0 Å². The third-order valence-corrected chi connectivity index (χ3v) is 14.4. The van der Waals surface area contributed by atoms with Crippen LogP contribution in [0.2, 0.25) is 0 Å². The molecule has 3 fully saturated rings. The summed E-state index contributed by atoms with van der Waals surface area (Å²) in [6.07, 6.45) is 8.14. The molecule has 9 rings (SSSR count). The zero-order valence-electron chi connectivity index (χ0n) is 30.7. The molecule has 2 unspecified atom stereocenters. The Labute approximate surface area is 310 Å². The number of likely N-dealkylation sites (tertiary alicyclic amines) is 1. The average molecular weight is 734 g/mol. The maximum atomic E-state index is 15.0. The maximum absolute atomic E-state index is 15.0. The first kappa shape index (κ1) is 34.2. The first-order chi connectivity index (χ1) is 25.6. The van der Waals surface area contributed by atoms with Gasteiger partial charge in [0.1, 0.15) is 17.1 Å². The smallest absolute Gasteiger partial charge is 0.264 e. The Morgan fingerprint density at radius 3 is 2.43 bits per heavy atom. The van der Waals surface area contributed by atoms with Crippen LogP contribution in [-0.4, -0.2) is 55.1 Å². The Balaban J connectivity index is 1.13. The molecule has 4 heterocycles. The lowest BCUT2D eigenvalue weighted by Crippen LogP contribution is -2.43. The number of nitrogens with one attached hydrogen (secondary N) is 1. The molecule has 3 aromatic carbocycles. The summed E-state index contributed by atoms with van der Waals surface area (Å²) >= 11 is 0. The SMILES string of the molecule is COc1ccc2c(c1)C1CC1(C(=O)N1CCC(c3cc4ccccc4o3)CC1)Cn1c-2c(C2CCCCC2)c2ccc(C(=O)NS(=O)(=O)C(C)C)cc21. The number of carbonyl (C=O) groups excluding carboxylic acids is 2. The summed E-state index contributed by atoms with van der Waals surface area (Å²) in [7, 11) is -2.13. The molecular weight excluding hydrogens is 687 g/mol. The third-order valence-electron chi connectivity index (χ3n) is 12.7. The molecule has 2 atom stereocenters. The number of aromatic nitrogens is 1. The molecule has 2 amide bonds. The lowest BCUT2D eigenvalue weighted by molar-refractivity contribution is -0.139. The largest absolute Gasteiger partial charge is 0.497 e. The minimum Gasteiger partial charge on any atom is -0.497 e. The molecular formula is C43H47N3O6S. The first-order valence-electron chi connectivity index (χ1n) is 19.3. The van der Waals surface area contributed by atoms with Crippen molar-refractivity contribution in [3.05, 3.63) is 89.2 Å². The molecule has 2 aromatic heterocycles. The van der Waals surface area contributed by atoms with Gasteiger partial charge in [0.2, 0.25) is 15.9 Å². The van der Waals surface area contributed by atoms with Gasteiger partial charge in [0.15, 0.2) is 0 Å².